The van der Waals surface area contributed by atoms with Crippen molar-refractivity contribution in [3.05, 3.63) is 0 Å². The molecular weight excluding hydrogens is 1230 g/mol. The molecule has 0 aromatic rings. The van der Waals surface area contributed by atoms with E-state index < -0.39 is 285 Å². The molecule has 0 aromatic heterocycles. The molecule has 7 aliphatic rings. The third kappa shape index (κ3) is 16.3. The van der Waals surface area contributed by atoms with Gasteiger partial charge in [0, 0.05) is 27.7 Å². The van der Waals surface area contributed by atoms with E-state index >= 15 is 0 Å². The Hall–Kier alpha value is -3.40. The molecule has 0 aromatic carbocycles. The van der Waals surface area contributed by atoms with Gasteiger partial charge in [-0.05, 0) is 0 Å². The van der Waals surface area contributed by atoms with Gasteiger partial charge in [-0.25, -0.2) is 0 Å². The summed E-state index contributed by atoms with van der Waals surface area (Å²) in [5, 5.41) is 217. The summed E-state index contributed by atoms with van der Waals surface area (Å²) in [6.45, 7) is -2.99. The number of carbonyl (C=O) groups excluding carboxylic acids is 4. The number of nitrogens with one attached hydrogen (secondary N) is 4. The average molecular weight is 1320 g/mol. The smallest absolute Gasteiger partial charge is 0.217 e. The molecule has 520 valence electrons. The van der Waals surface area contributed by atoms with Crippen molar-refractivity contribution in [2.45, 2.75) is 242 Å². The number of amides is 4. The molecule has 7 rings (SSSR count). The van der Waals surface area contributed by atoms with Gasteiger partial charge in [-0.15, -0.1) is 0 Å². The summed E-state index contributed by atoms with van der Waals surface area (Å²) in [6.07, 6.45) is -59.7. The summed E-state index contributed by atoms with van der Waals surface area (Å²) in [5.41, 5.74) is 0. The van der Waals surface area contributed by atoms with Crippen LogP contribution in [0.4, 0.5) is 0 Å². The largest absolute Gasteiger partial charge is 0.394 e. The minimum Gasteiger partial charge on any atom is -0.394 e. The fourth-order valence-electron chi connectivity index (χ4n) is 11.6. The summed E-state index contributed by atoms with van der Waals surface area (Å²) < 4.78 is 75.2. The molecule has 0 spiro atoms. The maximum atomic E-state index is 12.7. The van der Waals surface area contributed by atoms with Crippen LogP contribution in [0.1, 0.15) is 27.7 Å². The van der Waals surface area contributed by atoms with E-state index in [0.29, 0.717) is 0 Å². The summed E-state index contributed by atoms with van der Waals surface area (Å²) in [7, 11) is 0. The molecule has 7 heterocycles. The van der Waals surface area contributed by atoms with Crippen molar-refractivity contribution in [2.75, 3.05) is 46.2 Å². The SMILES string of the molecule is CC(=O)N[C@H]1[C@H](O[C@H]2[C@@H](O)[C@@H](CO)O[C@@H](O[C@H]3[C@H](O)[C@@H](NC(C)=O)[C@H](O[C@H]4[C@@H](O)[C@@H](CO)O[C@@H](O[C@H]5[C@H](O)[C@H](NC(C)=O)[C@H](O)O[C@@H]5CO)[C@@H]4O)O[C@@H]3CO)[C@@H]2O)O[C@H](CO)[C@@H](O[C@@H]2O[C@H](CO)[C@H](O[C@H]3O[C@H](CO)[C@@H](O)[C@H](O)[C@H]3NC(C)=O)[C@@H](O)[C@H]2O)[C@@H]1O. The van der Waals surface area contributed by atoms with E-state index in [2.05, 4.69) is 21.3 Å². The van der Waals surface area contributed by atoms with Crippen molar-refractivity contribution >= 4 is 23.6 Å². The lowest BCUT2D eigenvalue weighted by Gasteiger charge is -2.51. The zero-order valence-electron chi connectivity index (χ0n) is 48.6. The van der Waals surface area contributed by atoms with Crippen LogP contribution in [-0.4, -0.2) is 382 Å². The molecule has 7 aliphatic heterocycles. The Balaban J connectivity index is 1.07. The summed E-state index contributed by atoms with van der Waals surface area (Å²) in [4.78, 5) is 49.4. The first-order chi connectivity index (χ1) is 42.6. The second-order valence-corrected chi connectivity index (χ2v) is 22.5. The van der Waals surface area contributed by atoms with Crippen molar-refractivity contribution in [3.63, 3.8) is 0 Å². The standard InChI is InChI=1S/C50H84N4O36/c1-12(62)51-23-31(70)38(19(8-58)78-44(23)77)87-49-36(75)42(28(67)17(6-56)80-49)89-47-26(54-15(4)65)33(72)40(21(10-60)83-47)88-50-37(76)43(29(68)18(7-57)81-50)90-46-25(53-14(3)64)32(71)39(20(9-59)82-46)86-48-35(74)34(73)41(22(11-61)84-48)85-45-24(52-13(2)63)30(69)27(66)16(5-55)79-45/h16-50,55-61,66-77H,5-11H2,1-4H3,(H,51,62)(H,52,63)(H,53,64)(H,54,65)/t16-,17-,18-,19-,20-,21-,22-,23+,24-,25-,26-,27-,28+,29+,30-,31-,32-,33-,34+,35-,36-,37-,38-,39-,40-,41+,42+,43+,44-,45-,46+,47+,48+,49+,50+/m1/s1. The van der Waals surface area contributed by atoms with Crippen LogP contribution in [0.15, 0.2) is 0 Å². The lowest BCUT2D eigenvalue weighted by atomic mass is 9.93. The predicted molar refractivity (Wildman–Crippen MR) is 278 cm³/mol. The minimum atomic E-state index is -2.29. The number of carbonyl (C=O) groups is 4. The highest BCUT2D eigenvalue weighted by Crippen LogP contribution is 2.38. The maximum absolute atomic E-state index is 12.7. The molecule has 7 saturated heterocycles. The first-order valence-electron chi connectivity index (χ1n) is 28.6. The number of hydrogen-bond donors (Lipinski definition) is 23. The molecular formula is C50H84N4O36. The van der Waals surface area contributed by atoms with Crippen LogP contribution in [0.25, 0.3) is 0 Å². The Bertz CT molecular complexity index is 2310. The van der Waals surface area contributed by atoms with Crippen LogP contribution in [0.5, 0.6) is 0 Å². The van der Waals surface area contributed by atoms with Crippen molar-refractivity contribution < 1.29 is 178 Å². The van der Waals surface area contributed by atoms with Gasteiger partial charge >= 0.3 is 0 Å². The molecule has 0 bridgehead atoms. The van der Waals surface area contributed by atoms with Crippen LogP contribution >= 0.6 is 0 Å². The van der Waals surface area contributed by atoms with Gasteiger partial charge in [0.15, 0.2) is 44.0 Å². The third-order valence-electron chi connectivity index (χ3n) is 16.2. The van der Waals surface area contributed by atoms with Crippen LogP contribution in [0.3, 0.4) is 0 Å². The third-order valence-corrected chi connectivity index (χ3v) is 16.2. The van der Waals surface area contributed by atoms with Crippen LogP contribution in [0, 0.1) is 0 Å². The van der Waals surface area contributed by atoms with Crippen molar-refractivity contribution in [2.24, 2.45) is 0 Å². The zero-order chi connectivity index (χ0) is 66.5. The predicted octanol–water partition coefficient (Wildman–Crippen LogP) is -15.7. The quantitative estimate of drug-likeness (QED) is 0.0452. The normalized spacial score (nSPS) is 47.6. The van der Waals surface area contributed by atoms with E-state index in [4.69, 9.17) is 61.6 Å². The summed E-state index contributed by atoms with van der Waals surface area (Å²) in [6, 6.07) is -6.80. The van der Waals surface area contributed by atoms with Gasteiger partial charge in [-0.1, -0.05) is 0 Å². The number of rotatable bonds is 23. The highest BCUT2D eigenvalue weighted by molar-refractivity contribution is 5.74. The second kappa shape index (κ2) is 32.4. The molecule has 23 N–H and O–H groups in total. The van der Waals surface area contributed by atoms with Crippen molar-refractivity contribution in [3.8, 4) is 0 Å². The van der Waals surface area contributed by atoms with E-state index in [1.165, 1.54) is 0 Å². The van der Waals surface area contributed by atoms with E-state index in [-0.39, 0.29) is 0 Å². The molecule has 0 unspecified atom stereocenters. The average Bonchev–Trinajstić information content (AvgIpc) is 0.797. The Labute approximate surface area is 510 Å². The Morgan fingerprint density at radius 2 is 0.511 bits per heavy atom. The Morgan fingerprint density at radius 3 is 0.867 bits per heavy atom. The van der Waals surface area contributed by atoms with E-state index in [0.717, 1.165) is 27.7 Å². The monoisotopic (exact) mass is 1320 g/mol. The Kier molecular flexibility index (Phi) is 26.6. The molecule has 40 heteroatoms. The van der Waals surface area contributed by atoms with E-state index in [1.807, 2.05) is 0 Å². The fourth-order valence-corrected chi connectivity index (χ4v) is 11.6. The lowest BCUT2D eigenvalue weighted by molar-refractivity contribution is -0.387. The number of aliphatic hydroxyl groups is 19. The first-order valence-corrected chi connectivity index (χ1v) is 28.6. The highest BCUT2D eigenvalue weighted by atomic mass is 16.8. The number of ether oxygens (including phenoxy) is 13. The van der Waals surface area contributed by atoms with Gasteiger partial charge in [0.05, 0.1) is 46.2 Å². The van der Waals surface area contributed by atoms with Gasteiger partial charge in [0.2, 0.25) is 23.6 Å². The Morgan fingerprint density at radius 1 is 0.267 bits per heavy atom. The van der Waals surface area contributed by atoms with E-state index in [9.17, 15) is 116 Å². The first kappa shape index (κ1) is 74.0. The lowest BCUT2D eigenvalue weighted by Crippen LogP contribution is -2.71. The molecule has 4 amide bonds. The van der Waals surface area contributed by atoms with Gasteiger partial charge in [0.25, 0.3) is 0 Å². The molecule has 40 nitrogen and oxygen atoms in total. The van der Waals surface area contributed by atoms with Gasteiger partial charge in [0.1, 0.15) is 171 Å². The molecule has 0 saturated carbocycles. The topological polar surface area (TPSA) is 621 Å². The molecule has 0 aliphatic carbocycles. The van der Waals surface area contributed by atoms with Gasteiger partial charge in [-0.2, -0.15) is 0 Å². The minimum absolute atomic E-state index is 0.727. The van der Waals surface area contributed by atoms with Crippen LogP contribution in [-0.2, 0) is 80.8 Å². The molecule has 7 fully saturated rings. The fraction of sp³-hybridized carbons (Fsp3) is 0.920. The summed E-state index contributed by atoms with van der Waals surface area (Å²) >= 11 is 0. The van der Waals surface area contributed by atoms with E-state index in [1.54, 1.807) is 0 Å². The van der Waals surface area contributed by atoms with Crippen LogP contribution < -0.4 is 21.3 Å². The molecule has 35 atom stereocenters. The molecule has 0 radical (unpaired) electrons. The summed E-state index contributed by atoms with van der Waals surface area (Å²) in [5.74, 6) is -3.25. The molecule has 90 heavy (non-hydrogen) atoms. The maximum Gasteiger partial charge on any atom is 0.217 e. The van der Waals surface area contributed by atoms with Gasteiger partial charge in [-0.3, -0.25) is 19.2 Å². The second-order valence-electron chi connectivity index (χ2n) is 22.5. The van der Waals surface area contributed by atoms with Crippen molar-refractivity contribution in [1.29, 1.82) is 0 Å². The van der Waals surface area contributed by atoms with Crippen molar-refractivity contribution in [1.82, 2.24) is 21.3 Å². The zero-order valence-corrected chi connectivity index (χ0v) is 48.6. The van der Waals surface area contributed by atoms with Crippen LogP contribution in [0.2, 0.25) is 0 Å². The highest BCUT2D eigenvalue weighted by Gasteiger charge is 2.59. The number of hydrogen-bond acceptors (Lipinski definition) is 36. The van der Waals surface area contributed by atoms with Gasteiger partial charge < -0.3 is 180 Å². The number of aliphatic hydroxyl groups excluding tert-OH is 19.